The SMILES string of the molecule is CC(=O)OCCC1(CO)CCC2(O1)C(C)CCC1C(C)(COC(C)=O)C(OC(C)=O)CCC12C. The third-order valence-electron chi connectivity index (χ3n) is 9.27. The van der Waals surface area contributed by atoms with Gasteiger partial charge in [0.05, 0.1) is 24.4 Å². The lowest BCUT2D eigenvalue weighted by molar-refractivity contribution is -0.274. The van der Waals surface area contributed by atoms with Gasteiger partial charge < -0.3 is 24.1 Å². The van der Waals surface area contributed by atoms with E-state index in [4.69, 9.17) is 18.9 Å². The summed E-state index contributed by atoms with van der Waals surface area (Å²) in [7, 11) is 0. The minimum atomic E-state index is -0.756. The Kier molecular flexibility index (Phi) is 7.73. The van der Waals surface area contributed by atoms with Gasteiger partial charge in [-0.2, -0.15) is 0 Å². The number of aliphatic hydroxyl groups excluding tert-OH is 1. The lowest BCUT2D eigenvalue weighted by Crippen LogP contribution is -2.67. The molecule has 2 aliphatic carbocycles. The van der Waals surface area contributed by atoms with E-state index in [1.54, 1.807) is 0 Å². The van der Waals surface area contributed by atoms with Crippen LogP contribution in [0.1, 0.15) is 86.5 Å². The molecule has 34 heavy (non-hydrogen) atoms. The maximum atomic E-state index is 11.9. The van der Waals surface area contributed by atoms with Gasteiger partial charge in [-0.05, 0) is 50.4 Å². The van der Waals surface area contributed by atoms with Crippen molar-refractivity contribution in [2.75, 3.05) is 19.8 Å². The van der Waals surface area contributed by atoms with Crippen LogP contribution in [0, 0.1) is 22.7 Å². The molecule has 2 saturated carbocycles. The zero-order valence-corrected chi connectivity index (χ0v) is 21.6. The molecule has 3 aliphatic rings. The Morgan fingerprint density at radius 3 is 2.21 bits per heavy atom. The Morgan fingerprint density at radius 2 is 1.62 bits per heavy atom. The van der Waals surface area contributed by atoms with E-state index in [2.05, 4.69) is 20.8 Å². The number of fused-ring (bicyclic) bond motifs is 2. The van der Waals surface area contributed by atoms with E-state index in [-0.39, 0.29) is 61.1 Å². The number of hydrogen-bond donors (Lipinski definition) is 1. The Bertz CT molecular complexity index is 798. The maximum Gasteiger partial charge on any atom is 0.302 e. The maximum absolute atomic E-state index is 11.9. The number of carbonyl (C=O) groups is 3. The van der Waals surface area contributed by atoms with Gasteiger partial charge in [-0.3, -0.25) is 14.4 Å². The lowest BCUT2D eigenvalue weighted by Gasteiger charge is -2.65. The fourth-order valence-electron chi connectivity index (χ4n) is 7.50. The number of esters is 3. The van der Waals surface area contributed by atoms with Crippen molar-refractivity contribution in [1.29, 1.82) is 0 Å². The molecule has 8 heteroatoms. The predicted octanol–water partition coefficient (Wildman–Crippen LogP) is 3.57. The molecular weight excluding hydrogens is 440 g/mol. The smallest absolute Gasteiger partial charge is 0.302 e. The molecule has 1 spiro atoms. The van der Waals surface area contributed by atoms with Gasteiger partial charge in [0.2, 0.25) is 0 Å². The zero-order chi connectivity index (χ0) is 25.4. The van der Waals surface area contributed by atoms with Crippen LogP contribution in [0.2, 0.25) is 0 Å². The highest BCUT2D eigenvalue weighted by molar-refractivity contribution is 5.67. The number of ether oxygens (including phenoxy) is 4. The van der Waals surface area contributed by atoms with Crippen LogP contribution < -0.4 is 0 Å². The highest BCUT2D eigenvalue weighted by Gasteiger charge is 2.69. The summed E-state index contributed by atoms with van der Waals surface area (Å²) in [4.78, 5) is 35.0. The lowest BCUT2D eigenvalue weighted by atomic mass is 9.43. The Hall–Kier alpha value is -1.67. The van der Waals surface area contributed by atoms with Crippen LogP contribution in [0.5, 0.6) is 0 Å². The van der Waals surface area contributed by atoms with Gasteiger partial charge in [-0.25, -0.2) is 0 Å². The number of carbonyl (C=O) groups excluding carboxylic acids is 3. The molecule has 0 amide bonds. The van der Waals surface area contributed by atoms with E-state index < -0.39 is 16.6 Å². The fourth-order valence-corrected chi connectivity index (χ4v) is 7.50. The minimum absolute atomic E-state index is 0.0941. The molecule has 0 aromatic carbocycles. The monoisotopic (exact) mass is 482 g/mol. The molecular formula is C26H42O8. The first-order valence-corrected chi connectivity index (χ1v) is 12.6. The Morgan fingerprint density at radius 1 is 0.941 bits per heavy atom. The first-order chi connectivity index (χ1) is 15.8. The highest BCUT2D eigenvalue weighted by atomic mass is 16.6. The number of hydrogen-bond acceptors (Lipinski definition) is 8. The second kappa shape index (κ2) is 9.76. The van der Waals surface area contributed by atoms with Crippen molar-refractivity contribution in [3.8, 4) is 0 Å². The first-order valence-electron chi connectivity index (χ1n) is 12.6. The van der Waals surface area contributed by atoms with E-state index in [1.165, 1.54) is 20.8 Å². The summed E-state index contributed by atoms with van der Waals surface area (Å²) in [6.07, 6.45) is 4.88. The zero-order valence-electron chi connectivity index (χ0n) is 21.6. The second-order valence-electron chi connectivity index (χ2n) is 11.3. The topological polar surface area (TPSA) is 108 Å². The van der Waals surface area contributed by atoms with E-state index in [9.17, 15) is 19.5 Å². The molecule has 7 atom stereocenters. The van der Waals surface area contributed by atoms with Gasteiger partial charge in [-0.1, -0.05) is 20.8 Å². The van der Waals surface area contributed by atoms with Crippen molar-refractivity contribution >= 4 is 17.9 Å². The average molecular weight is 483 g/mol. The Labute approximate surface area is 203 Å². The molecule has 3 rings (SSSR count). The van der Waals surface area contributed by atoms with Gasteiger partial charge in [0.25, 0.3) is 0 Å². The molecule has 3 fully saturated rings. The number of aliphatic hydroxyl groups is 1. The molecule has 0 aromatic rings. The number of rotatable bonds is 7. The summed E-state index contributed by atoms with van der Waals surface area (Å²) >= 11 is 0. The molecule has 194 valence electrons. The summed E-state index contributed by atoms with van der Waals surface area (Å²) in [5, 5.41) is 10.4. The van der Waals surface area contributed by atoms with Crippen LogP contribution >= 0.6 is 0 Å². The van der Waals surface area contributed by atoms with Crippen molar-refractivity contribution in [2.24, 2.45) is 22.7 Å². The molecule has 0 bridgehead atoms. The van der Waals surface area contributed by atoms with Gasteiger partial charge in [0.1, 0.15) is 12.7 Å². The molecule has 8 nitrogen and oxygen atoms in total. The quantitative estimate of drug-likeness (QED) is 0.433. The molecule has 7 unspecified atom stereocenters. The summed E-state index contributed by atoms with van der Waals surface area (Å²) < 4.78 is 23.5. The third-order valence-corrected chi connectivity index (χ3v) is 9.27. The molecule has 1 heterocycles. The van der Waals surface area contributed by atoms with Crippen LogP contribution in [0.4, 0.5) is 0 Å². The standard InChI is InChI=1S/C26H42O8/c1-17-7-8-21-23(5,16-32-19(3)29)22(33-20(4)30)9-10-24(21,6)26(17)12-11-25(15-27,34-26)13-14-31-18(2)28/h17,21-22,27H,7-16H2,1-6H3. The second-order valence-corrected chi connectivity index (χ2v) is 11.3. The Balaban J connectivity index is 1.96. The highest BCUT2D eigenvalue weighted by Crippen LogP contribution is 2.68. The van der Waals surface area contributed by atoms with Crippen molar-refractivity contribution in [1.82, 2.24) is 0 Å². The van der Waals surface area contributed by atoms with Gasteiger partial charge in [0.15, 0.2) is 0 Å². The van der Waals surface area contributed by atoms with Crippen LogP contribution in [0.25, 0.3) is 0 Å². The largest absolute Gasteiger partial charge is 0.466 e. The molecule has 0 aromatic heterocycles. The van der Waals surface area contributed by atoms with Gasteiger partial charge in [0, 0.05) is 38.0 Å². The summed E-state index contributed by atoms with van der Waals surface area (Å²) in [6, 6.07) is 0. The normalized spacial score (nSPS) is 41.6. The summed E-state index contributed by atoms with van der Waals surface area (Å²) in [5.41, 5.74) is -2.06. The van der Waals surface area contributed by atoms with Gasteiger partial charge >= 0.3 is 17.9 Å². The molecule has 1 saturated heterocycles. The first kappa shape index (κ1) is 26.9. The van der Waals surface area contributed by atoms with E-state index >= 15 is 0 Å². The van der Waals surface area contributed by atoms with E-state index in [1.807, 2.05) is 0 Å². The minimum Gasteiger partial charge on any atom is -0.466 e. The average Bonchev–Trinajstić information content (AvgIpc) is 3.15. The van der Waals surface area contributed by atoms with Gasteiger partial charge in [-0.15, -0.1) is 0 Å². The van der Waals surface area contributed by atoms with Crippen molar-refractivity contribution in [3.63, 3.8) is 0 Å². The summed E-state index contributed by atoms with van der Waals surface area (Å²) in [6.45, 7) is 11.0. The van der Waals surface area contributed by atoms with Crippen LogP contribution in [-0.4, -0.2) is 60.1 Å². The van der Waals surface area contributed by atoms with Crippen molar-refractivity contribution in [3.05, 3.63) is 0 Å². The van der Waals surface area contributed by atoms with E-state index in [0.29, 0.717) is 19.3 Å². The fraction of sp³-hybridized carbons (Fsp3) is 0.885. The molecule has 1 N–H and O–H groups in total. The summed E-state index contributed by atoms with van der Waals surface area (Å²) in [5.74, 6) is -0.668. The van der Waals surface area contributed by atoms with Crippen LogP contribution in [0.3, 0.4) is 0 Å². The third kappa shape index (κ3) is 4.60. The van der Waals surface area contributed by atoms with Crippen molar-refractivity contribution in [2.45, 2.75) is 104 Å². The molecule has 0 radical (unpaired) electrons. The van der Waals surface area contributed by atoms with Crippen LogP contribution in [-0.2, 0) is 33.3 Å². The predicted molar refractivity (Wildman–Crippen MR) is 124 cm³/mol. The molecule has 1 aliphatic heterocycles. The van der Waals surface area contributed by atoms with Crippen LogP contribution in [0.15, 0.2) is 0 Å². The van der Waals surface area contributed by atoms with Crippen molar-refractivity contribution < 1.29 is 38.4 Å². The van der Waals surface area contributed by atoms with E-state index in [0.717, 1.165) is 25.7 Å².